The molecule has 178 valence electrons. The number of esters is 2. The Morgan fingerprint density at radius 3 is 2.38 bits per heavy atom. The zero-order chi connectivity index (χ0) is 23.7. The summed E-state index contributed by atoms with van der Waals surface area (Å²) >= 11 is 0. The molecule has 7 heteroatoms. The standard InChI is InChI=1S/C25H37NO6/c1-6-7-8-12-15-19(23(28)30-4)20(27)16-25(24(29)31-5)21(17(2)3)32-22(26-25)18-13-10-9-11-14-18/h9-11,13-14,17,19-21,27H,6-8,12,15-16H2,1-5H3/t19-,20-,21-,25+/m0/s1. The zero-order valence-corrected chi connectivity index (χ0v) is 19.9. The summed E-state index contributed by atoms with van der Waals surface area (Å²) in [5.74, 6) is -1.58. The van der Waals surface area contributed by atoms with Crippen molar-refractivity contribution in [3.63, 3.8) is 0 Å². The van der Waals surface area contributed by atoms with Gasteiger partial charge >= 0.3 is 11.9 Å². The van der Waals surface area contributed by atoms with Gasteiger partial charge in [0.2, 0.25) is 11.4 Å². The second-order valence-electron chi connectivity index (χ2n) is 8.73. The topological polar surface area (TPSA) is 94.4 Å². The highest BCUT2D eigenvalue weighted by Crippen LogP contribution is 2.39. The molecular formula is C25H37NO6. The molecule has 0 saturated heterocycles. The van der Waals surface area contributed by atoms with Crippen LogP contribution in [-0.2, 0) is 23.8 Å². The number of unbranched alkanes of at least 4 members (excludes halogenated alkanes) is 3. The van der Waals surface area contributed by atoms with E-state index in [1.807, 2.05) is 44.2 Å². The molecular weight excluding hydrogens is 410 g/mol. The average Bonchev–Trinajstić information content (AvgIpc) is 3.19. The van der Waals surface area contributed by atoms with Crippen molar-refractivity contribution in [1.29, 1.82) is 0 Å². The fourth-order valence-corrected chi connectivity index (χ4v) is 4.34. The molecule has 0 amide bonds. The van der Waals surface area contributed by atoms with Crippen molar-refractivity contribution >= 4 is 17.8 Å². The van der Waals surface area contributed by atoms with Crippen molar-refractivity contribution in [2.75, 3.05) is 14.2 Å². The van der Waals surface area contributed by atoms with Gasteiger partial charge in [-0.2, -0.15) is 0 Å². The van der Waals surface area contributed by atoms with Crippen LogP contribution in [0.2, 0.25) is 0 Å². The Kier molecular flexibility index (Phi) is 9.69. The summed E-state index contributed by atoms with van der Waals surface area (Å²) in [6.45, 7) is 5.97. The first-order valence-electron chi connectivity index (χ1n) is 11.5. The first kappa shape index (κ1) is 25.8. The van der Waals surface area contributed by atoms with Crippen LogP contribution in [0.25, 0.3) is 0 Å². The predicted molar refractivity (Wildman–Crippen MR) is 122 cm³/mol. The summed E-state index contributed by atoms with van der Waals surface area (Å²) in [4.78, 5) is 30.2. The highest BCUT2D eigenvalue weighted by Gasteiger charge is 2.56. The SMILES string of the molecule is CCCCCC[C@H](C(=O)OC)[C@@H](O)C[C@@]1(C(=O)OC)N=C(c2ccccc2)O[C@H]1C(C)C. The van der Waals surface area contributed by atoms with E-state index >= 15 is 0 Å². The molecule has 4 atom stereocenters. The summed E-state index contributed by atoms with van der Waals surface area (Å²) < 4.78 is 16.2. The largest absolute Gasteiger partial charge is 0.471 e. The summed E-state index contributed by atoms with van der Waals surface area (Å²) in [5, 5.41) is 11.2. The number of hydrogen-bond acceptors (Lipinski definition) is 7. The number of methoxy groups -OCH3 is 2. The lowest BCUT2D eigenvalue weighted by molar-refractivity contribution is -0.157. The van der Waals surface area contributed by atoms with Crippen molar-refractivity contribution in [1.82, 2.24) is 0 Å². The van der Waals surface area contributed by atoms with E-state index in [0.717, 1.165) is 31.2 Å². The van der Waals surface area contributed by atoms with Crippen molar-refractivity contribution in [3.8, 4) is 0 Å². The number of rotatable bonds is 12. The highest BCUT2D eigenvalue weighted by atomic mass is 16.5. The molecule has 0 bridgehead atoms. The number of carbonyl (C=O) groups excluding carboxylic acids is 2. The molecule has 1 aliphatic heterocycles. The van der Waals surface area contributed by atoms with E-state index in [4.69, 9.17) is 14.2 Å². The van der Waals surface area contributed by atoms with E-state index in [1.54, 1.807) is 0 Å². The van der Waals surface area contributed by atoms with Gasteiger partial charge in [0.15, 0.2) is 0 Å². The first-order valence-corrected chi connectivity index (χ1v) is 11.5. The summed E-state index contributed by atoms with van der Waals surface area (Å²) in [5.41, 5.74) is -0.717. The second-order valence-corrected chi connectivity index (χ2v) is 8.73. The molecule has 1 aromatic rings. The second kappa shape index (κ2) is 12.0. The molecule has 0 fully saturated rings. The van der Waals surface area contributed by atoms with Crippen LogP contribution in [-0.4, -0.2) is 54.9 Å². The van der Waals surface area contributed by atoms with E-state index in [2.05, 4.69) is 11.9 Å². The maximum atomic E-state index is 13.1. The quantitative estimate of drug-likeness (QED) is 0.386. The highest BCUT2D eigenvalue weighted by molar-refractivity contribution is 5.99. The number of nitrogens with zero attached hydrogens (tertiary/aromatic N) is 1. The summed E-state index contributed by atoms with van der Waals surface area (Å²) in [6, 6.07) is 9.32. The Balaban J connectivity index is 2.39. The van der Waals surface area contributed by atoms with Gasteiger partial charge in [0.05, 0.1) is 26.2 Å². The molecule has 0 spiro atoms. The lowest BCUT2D eigenvalue weighted by Gasteiger charge is -2.34. The number of benzene rings is 1. The van der Waals surface area contributed by atoms with Gasteiger partial charge in [-0.3, -0.25) is 4.79 Å². The smallest absolute Gasteiger partial charge is 0.337 e. The average molecular weight is 448 g/mol. The van der Waals surface area contributed by atoms with Crippen LogP contribution < -0.4 is 0 Å². The Morgan fingerprint density at radius 2 is 1.81 bits per heavy atom. The van der Waals surface area contributed by atoms with E-state index in [9.17, 15) is 14.7 Å². The lowest BCUT2D eigenvalue weighted by Crippen LogP contribution is -2.52. The molecule has 32 heavy (non-hydrogen) atoms. The Hall–Kier alpha value is -2.41. The molecule has 1 aromatic carbocycles. The van der Waals surface area contributed by atoms with Gasteiger partial charge in [-0.1, -0.05) is 64.7 Å². The number of aliphatic imine (C=N–C) groups is 1. The fourth-order valence-electron chi connectivity index (χ4n) is 4.34. The van der Waals surface area contributed by atoms with Crippen molar-refractivity contribution in [2.45, 2.75) is 77.0 Å². The van der Waals surface area contributed by atoms with Gasteiger partial charge in [0.1, 0.15) is 6.10 Å². The lowest BCUT2D eigenvalue weighted by atomic mass is 9.78. The zero-order valence-electron chi connectivity index (χ0n) is 19.9. The number of hydrogen-bond donors (Lipinski definition) is 1. The minimum absolute atomic E-state index is 0.0904. The Bertz CT molecular complexity index is 778. The molecule has 7 nitrogen and oxygen atoms in total. The molecule has 2 rings (SSSR count). The van der Waals surface area contributed by atoms with E-state index in [-0.39, 0.29) is 12.3 Å². The van der Waals surface area contributed by atoms with Gasteiger partial charge < -0.3 is 19.3 Å². The maximum absolute atomic E-state index is 13.1. The minimum Gasteiger partial charge on any atom is -0.471 e. The number of ether oxygens (including phenoxy) is 3. The van der Waals surface area contributed by atoms with Crippen molar-refractivity contribution in [3.05, 3.63) is 35.9 Å². The third kappa shape index (κ3) is 5.88. The van der Waals surface area contributed by atoms with Crippen LogP contribution in [0.3, 0.4) is 0 Å². The van der Waals surface area contributed by atoms with Crippen LogP contribution >= 0.6 is 0 Å². The summed E-state index contributed by atoms with van der Waals surface area (Å²) in [7, 11) is 2.61. The van der Waals surface area contributed by atoms with Gasteiger partial charge in [-0.15, -0.1) is 0 Å². The normalized spacial score (nSPS) is 22.1. The van der Waals surface area contributed by atoms with Crippen LogP contribution in [0, 0.1) is 11.8 Å². The van der Waals surface area contributed by atoms with Crippen molar-refractivity contribution in [2.24, 2.45) is 16.8 Å². The van der Waals surface area contributed by atoms with Crippen LogP contribution in [0.15, 0.2) is 35.3 Å². The molecule has 0 unspecified atom stereocenters. The van der Waals surface area contributed by atoms with E-state index in [1.165, 1.54) is 14.2 Å². The van der Waals surface area contributed by atoms with Gasteiger partial charge in [0, 0.05) is 12.0 Å². The number of aliphatic hydroxyl groups is 1. The molecule has 0 saturated carbocycles. The van der Waals surface area contributed by atoms with Gasteiger partial charge in [-0.05, 0) is 24.5 Å². The third-order valence-electron chi connectivity index (χ3n) is 6.03. The Morgan fingerprint density at radius 1 is 1.12 bits per heavy atom. The van der Waals surface area contributed by atoms with Gasteiger partial charge in [0.25, 0.3) is 0 Å². The van der Waals surface area contributed by atoms with Gasteiger partial charge in [-0.25, -0.2) is 9.79 Å². The molecule has 0 radical (unpaired) electrons. The van der Waals surface area contributed by atoms with E-state index in [0.29, 0.717) is 12.3 Å². The van der Waals surface area contributed by atoms with Crippen LogP contribution in [0.4, 0.5) is 0 Å². The molecule has 0 aromatic heterocycles. The first-order chi connectivity index (χ1) is 15.3. The monoisotopic (exact) mass is 447 g/mol. The van der Waals surface area contributed by atoms with Crippen LogP contribution in [0.5, 0.6) is 0 Å². The molecule has 1 aliphatic rings. The third-order valence-corrected chi connectivity index (χ3v) is 6.03. The Labute approximate surface area is 191 Å². The molecule has 1 heterocycles. The van der Waals surface area contributed by atoms with E-state index < -0.39 is 35.6 Å². The number of carbonyl (C=O) groups is 2. The molecule has 1 N–H and O–H groups in total. The summed E-state index contributed by atoms with van der Waals surface area (Å²) in [6.07, 6.45) is 2.50. The predicted octanol–water partition coefficient (Wildman–Crippen LogP) is 3.91. The fraction of sp³-hybridized carbons (Fsp3) is 0.640. The maximum Gasteiger partial charge on any atom is 0.337 e. The van der Waals surface area contributed by atoms with Crippen LogP contribution in [0.1, 0.15) is 64.9 Å². The van der Waals surface area contributed by atoms with Crippen molar-refractivity contribution < 1.29 is 28.9 Å². The minimum atomic E-state index is -1.46. The molecule has 0 aliphatic carbocycles. The number of aliphatic hydroxyl groups excluding tert-OH is 1.